The Morgan fingerprint density at radius 1 is 0.853 bits per heavy atom. The van der Waals surface area contributed by atoms with Crippen molar-refractivity contribution in [3.05, 3.63) is 118 Å². The zero-order chi connectivity index (χ0) is 22.9. The van der Waals surface area contributed by atoms with Gasteiger partial charge in [0.05, 0.1) is 11.9 Å². The van der Waals surface area contributed by atoms with Crippen LogP contribution in [0.1, 0.15) is 22.3 Å². The molecule has 0 amide bonds. The lowest BCUT2D eigenvalue weighted by Gasteiger charge is -2.16. The van der Waals surface area contributed by atoms with E-state index in [0.717, 1.165) is 46.0 Å². The molecule has 0 N–H and O–H groups in total. The minimum atomic E-state index is 0.0907. The third-order valence-electron chi connectivity index (χ3n) is 6.43. The lowest BCUT2D eigenvalue weighted by molar-refractivity contribution is 0.658. The Labute approximate surface area is 207 Å². The molecule has 34 heavy (non-hydrogen) atoms. The molecule has 168 valence electrons. The number of hydrogen-bond acceptors (Lipinski definition) is 4. The van der Waals surface area contributed by atoms with Crippen LogP contribution in [0, 0.1) is 0 Å². The molecule has 1 aliphatic carbocycles. The Balaban J connectivity index is 1.44. The second-order valence-electron chi connectivity index (χ2n) is 8.60. The quantitative estimate of drug-likeness (QED) is 0.203. The van der Waals surface area contributed by atoms with Crippen molar-refractivity contribution in [1.29, 1.82) is 0 Å². The Morgan fingerprint density at radius 2 is 1.56 bits per heavy atom. The van der Waals surface area contributed by atoms with Crippen LogP contribution < -0.4 is 5.56 Å². The van der Waals surface area contributed by atoms with E-state index in [2.05, 4.69) is 60.7 Å². The predicted octanol–water partition coefficient (Wildman–Crippen LogP) is 6.61. The van der Waals surface area contributed by atoms with Crippen molar-refractivity contribution in [2.45, 2.75) is 31.0 Å². The normalized spacial score (nSPS) is 12.5. The summed E-state index contributed by atoms with van der Waals surface area (Å²) in [4.78, 5) is 21.1. The van der Waals surface area contributed by atoms with Crippen LogP contribution in [-0.4, -0.2) is 15.3 Å². The van der Waals surface area contributed by atoms with Gasteiger partial charge in [0.2, 0.25) is 0 Å². The number of hydrogen-bond donors (Lipinski definition) is 0. The van der Waals surface area contributed by atoms with Crippen molar-refractivity contribution in [1.82, 2.24) is 9.55 Å². The molecular weight excluding hydrogens is 456 g/mol. The molecule has 0 saturated heterocycles. The molecule has 0 aliphatic heterocycles. The summed E-state index contributed by atoms with van der Waals surface area (Å²) in [6.07, 6.45) is 2.81. The summed E-state index contributed by atoms with van der Waals surface area (Å²) < 4.78 is 1.89. The molecule has 0 radical (unpaired) electrons. The second-order valence-corrected chi connectivity index (χ2v) is 10.7. The number of aryl methyl sites for hydroxylation is 3. The molecule has 0 atom stereocenters. The molecule has 1 aliphatic rings. The summed E-state index contributed by atoms with van der Waals surface area (Å²) in [5, 5.41) is 1.63. The molecule has 0 fully saturated rings. The Hall–Kier alpha value is -3.15. The van der Waals surface area contributed by atoms with Gasteiger partial charge in [-0.05, 0) is 47.1 Å². The lowest BCUT2D eigenvalue weighted by Crippen LogP contribution is -2.24. The van der Waals surface area contributed by atoms with Crippen LogP contribution in [0.15, 0.2) is 94.9 Å². The minimum Gasteiger partial charge on any atom is -0.283 e. The SMILES string of the molecule is O=c1c2c3c(sc2nc(SCCc2ccccc2)n1Cc1ccccc1)-c1ccccc1CC3. The summed E-state index contributed by atoms with van der Waals surface area (Å²) >= 11 is 3.36. The number of nitrogens with zero attached hydrogens (tertiary/aromatic N) is 2. The first kappa shape index (κ1) is 21.4. The van der Waals surface area contributed by atoms with Crippen LogP contribution in [0.5, 0.6) is 0 Å². The zero-order valence-corrected chi connectivity index (χ0v) is 20.4. The minimum absolute atomic E-state index is 0.0907. The molecule has 5 heteroatoms. The van der Waals surface area contributed by atoms with E-state index in [4.69, 9.17) is 4.98 Å². The molecule has 3 aromatic carbocycles. The predicted molar refractivity (Wildman–Crippen MR) is 143 cm³/mol. The number of aromatic nitrogens is 2. The van der Waals surface area contributed by atoms with Gasteiger partial charge in [-0.3, -0.25) is 9.36 Å². The van der Waals surface area contributed by atoms with Crippen LogP contribution in [-0.2, 0) is 25.8 Å². The number of fused-ring (bicyclic) bond motifs is 5. The van der Waals surface area contributed by atoms with Crippen LogP contribution in [0.25, 0.3) is 20.7 Å². The van der Waals surface area contributed by atoms with Crippen molar-refractivity contribution in [3.8, 4) is 10.4 Å². The van der Waals surface area contributed by atoms with Crippen LogP contribution in [0.4, 0.5) is 0 Å². The number of thiophene rings is 1. The van der Waals surface area contributed by atoms with Crippen molar-refractivity contribution in [2.75, 3.05) is 5.75 Å². The third kappa shape index (κ3) is 3.99. The van der Waals surface area contributed by atoms with Crippen molar-refractivity contribution >= 4 is 33.3 Å². The van der Waals surface area contributed by atoms with Crippen molar-refractivity contribution in [2.24, 2.45) is 0 Å². The van der Waals surface area contributed by atoms with Gasteiger partial charge >= 0.3 is 0 Å². The first-order valence-corrected chi connectivity index (χ1v) is 13.4. The molecule has 0 unspecified atom stereocenters. The van der Waals surface area contributed by atoms with E-state index in [1.807, 2.05) is 28.8 Å². The van der Waals surface area contributed by atoms with Crippen molar-refractivity contribution < 1.29 is 0 Å². The second kappa shape index (κ2) is 9.24. The van der Waals surface area contributed by atoms with E-state index in [1.54, 1.807) is 23.1 Å². The van der Waals surface area contributed by atoms with Gasteiger partial charge < -0.3 is 0 Å². The molecule has 2 aromatic heterocycles. The van der Waals surface area contributed by atoms with Crippen molar-refractivity contribution in [3.63, 3.8) is 0 Å². The monoisotopic (exact) mass is 480 g/mol. The van der Waals surface area contributed by atoms with E-state index in [9.17, 15) is 4.79 Å². The third-order valence-corrected chi connectivity index (χ3v) is 8.57. The van der Waals surface area contributed by atoms with Gasteiger partial charge in [0.1, 0.15) is 4.83 Å². The summed E-state index contributed by atoms with van der Waals surface area (Å²) in [5.74, 6) is 0.880. The molecule has 0 saturated carbocycles. The largest absolute Gasteiger partial charge is 0.283 e. The average molecular weight is 481 g/mol. The van der Waals surface area contributed by atoms with Gasteiger partial charge in [-0.15, -0.1) is 11.3 Å². The summed E-state index contributed by atoms with van der Waals surface area (Å²) in [5.41, 5.74) is 6.32. The van der Waals surface area contributed by atoms with E-state index in [0.29, 0.717) is 6.54 Å². The fourth-order valence-electron chi connectivity index (χ4n) is 4.72. The number of rotatable bonds is 6. The van der Waals surface area contributed by atoms with E-state index in [1.165, 1.54) is 27.1 Å². The first-order chi connectivity index (χ1) is 16.8. The topological polar surface area (TPSA) is 34.9 Å². The Kier molecular flexibility index (Phi) is 5.81. The molecule has 3 nitrogen and oxygen atoms in total. The highest BCUT2D eigenvalue weighted by atomic mass is 32.2. The number of thioether (sulfide) groups is 1. The van der Waals surface area contributed by atoms with Crippen LogP contribution in [0.3, 0.4) is 0 Å². The molecule has 0 spiro atoms. The van der Waals surface area contributed by atoms with Crippen LogP contribution in [0.2, 0.25) is 0 Å². The fraction of sp³-hybridized carbons (Fsp3) is 0.172. The van der Waals surface area contributed by atoms with Gasteiger partial charge in [0.15, 0.2) is 5.16 Å². The number of benzene rings is 3. The first-order valence-electron chi connectivity index (χ1n) is 11.6. The maximum atomic E-state index is 13.9. The fourth-order valence-corrected chi connectivity index (χ4v) is 7.03. The lowest BCUT2D eigenvalue weighted by atomic mass is 9.90. The van der Waals surface area contributed by atoms with Gasteiger partial charge in [0.25, 0.3) is 5.56 Å². The summed E-state index contributed by atoms with van der Waals surface area (Å²) in [6, 6.07) is 29.3. The van der Waals surface area contributed by atoms with E-state index in [-0.39, 0.29) is 5.56 Å². The van der Waals surface area contributed by atoms with Gasteiger partial charge in [-0.2, -0.15) is 0 Å². The average Bonchev–Trinajstić information content (AvgIpc) is 3.26. The molecule has 0 bridgehead atoms. The highest BCUT2D eigenvalue weighted by molar-refractivity contribution is 7.99. The van der Waals surface area contributed by atoms with Crippen LogP contribution >= 0.6 is 23.1 Å². The highest BCUT2D eigenvalue weighted by Gasteiger charge is 2.25. The van der Waals surface area contributed by atoms with E-state index >= 15 is 0 Å². The smallest absolute Gasteiger partial charge is 0.263 e. The van der Waals surface area contributed by atoms with Gasteiger partial charge in [-0.1, -0.05) is 96.7 Å². The highest BCUT2D eigenvalue weighted by Crippen LogP contribution is 2.42. The maximum Gasteiger partial charge on any atom is 0.263 e. The molecular formula is C29H24N2OS2. The Bertz CT molecular complexity index is 1520. The standard InChI is InChI=1S/C29H24N2OS2/c32-28-25-24-16-15-22-13-7-8-14-23(22)26(24)34-27(25)30-29(31(28)19-21-11-5-2-6-12-21)33-18-17-20-9-3-1-4-10-20/h1-14H,15-19H2. The van der Waals surface area contributed by atoms with Gasteiger partial charge in [0, 0.05) is 10.6 Å². The molecule has 6 rings (SSSR count). The Morgan fingerprint density at radius 3 is 2.35 bits per heavy atom. The maximum absolute atomic E-state index is 13.9. The van der Waals surface area contributed by atoms with E-state index < -0.39 is 0 Å². The summed E-state index contributed by atoms with van der Waals surface area (Å²) in [6.45, 7) is 0.539. The zero-order valence-electron chi connectivity index (χ0n) is 18.7. The van der Waals surface area contributed by atoms with Gasteiger partial charge in [-0.25, -0.2) is 4.98 Å². The summed E-state index contributed by atoms with van der Waals surface area (Å²) in [7, 11) is 0. The molecule has 2 heterocycles. The molecule has 5 aromatic rings.